The fraction of sp³-hybridized carbons (Fsp3) is 0.182. The molecule has 0 aliphatic heterocycles. The molecule has 0 saturated carbocycles. The van der Waals surface area contributed by atoms with Crippen molar-refractivity contribution in [2.45, 2.75) is 13.8 Å². The van der Waals surface area contributed by atoms with Crippen LogP contribution >= 0.6 is 22.9 Å². The molecule has 0 fully saturated rings. The highest BCUT2D eigenvalue weighted by atomic mass is 35.5. The predicted molar refractivity (Wildman–Crippen MR) is 60.9 cm³/mol. The van der Waals surface area contributed by atoms with E-state index in [9.17, 15) is 4.79 Å². The molecule has 78 valence electrons. The van der Waals surface area contributed by atoms with Crippen molar-refractivity contribution in [1.82, 2.24) is 0 Å². The van der Waals surface area contributed by atoms with Crippen molar-refractivity contribution in [1.29, 1.82) is 0 Å². The lowest BCUT2D eigenvalue weighted by molar-refractivity contribution is 0.101. The van der Waals surface area contributed by atoms with Gasteiger partial charge >= 0.3 is 0 Å². The summed E-state index contributed by atoms with van der Waals surface area (Å²) < 4.78 is 5.08. The van der Waals surface area contributed by atoms with Crippen molar-refractivity contribution in [3.8, 4) is 0 Å². The van der Waals surface area contributed by atoms with Crippen molar-refractivity contribution in [2.75, 3.05) is 0 Å². The SMILES string of the molecule is Cc1cc(C(=O)c2ccc(Cl)o2)c(C)s1. The van der Waals surface area contributed by atoms with Gasteiger partial charge in [-0.2, -0.15) is 0 Å². The molecule has 0 saturated heterocycles. The minimum absolute atomic E-state index is 0.108. The van der Waals surface area contributed by atoms with Crippen molar-refractivity contribution in [3.63, 3.8) is 0 Å². The summed E-state index contributed by atoms with van der Waals surface area (Å²) in [6, 6.07) is 5.04. The van der Waals surface area contributed by atoms with Crippen LogP contribution in [0.4, 0.5) is 0 Å². The molecule has 0 spiro atoms. The average molecular weight is 241 g/mol. The van der Waals surface area contributed by atoms with Crippen LogP contribution in [-0.4, -0.2) is 5.78 Å². The summed E-state index contributed by atoms with van der Waals surface area (Å²) in [6.45, 7) is 3.90. The first-order chi connectivity index (χ1) is 7.08. The van der Waals surface area contributed by atoms with Gasteiger partial charge in [-0.25, -0.2) is 0 Å². The summed E-state index contributed by atoms with van der Waals surface area (Å²) in [5.41, 5.74) is 0.698. The minimum Gasteiger partial charge on any atom is -0.441 e. The maximum absolute atomic E-state index is 11.9. The Morgan fingerprint density at radius 1 is 1.40 bits per heavy atom. The molecule has 0 atom stereocenters. The molecule has 0 bridgehead atoms. The maximum atomic E-state index is 11.9. The number of ketones is 1. The summed E-state index contributed by atoms with van der Waals surface area (Å²) in [7, 11) is 0. The first kappa shape index (κ1) is 10.5. The second-order valence-corrected chi connectivity index (χ2v) is 5.09. The third-order valence-corrected chi connectivity index (χ3v) is 3.25. The lowest BCUT2D eigenvalue weighted by Crippen LogP contribution is -1.99. The number of carbonyl (C=O) groups excluding carboxylic acids is 1. The Kier molecular flexibility index (Phi) is 2.67. The largest absolute Gasteiger partial charge is 0.441 e. The van der Waals surface area contributed by atoms with Gasteiger partial charge in [0, 0.05) is 15.3 Å². The van der Waals surface area contributed by atoms with Crippen LogP contribution in [-0.2, 0) is 0 Å². The summed E-state index contributed by atoms with van der Waals surface area (Å²) in [6.07, 6.45) is 0. The second-order valence-electron chi connectivity index (χ2n) is 3.26. The quantitative estimate of drug-likeness (QED) is 0.747. The molecule has 2 nitrogen and oxygen atoms in total. The van der Waals surface area contributed by atoms with E-state index in [0.717, 1.165) is 9.75 Å². The standard InChI is InChI=1S/C11H9ClO2S/c1-6-5-8(7(2)15-6)11(13)9-3-4-10(12)14-9/h3-5H,1-2H3. The molecule has 0 unspecified atom stereocenters. The number of hydrogen-bond donors (Lipinski definition) is 0. The molecular weight excluding hydrogens is 232 g/mol. The van der Waals surface area contributed by atoms with E-state index in [0.29, 0.717) is 11.3 Å². The Hall–Kier alpha value is -1.06. The number of hydrogen-bond acceptors (Lipinski definition) is 3. The van der Waals surface area contributed by atoms with Gasteiger partial charge in [0.05, 0.1) is 0 Å². The zero-order chi connectivity index (χ0) is 11.0. The highest BCUT2D eigenvalue weighted by Crippen LogP contribution is 2.24. The van der Waals surface area contributed by atoms with Crippen LogP contribution in [0.2, 0.25) is 5.22 Å². The van der Waals surface area contributed by atoms with E-state index in [-0.39, 0.29) is 11.0 Å². The van der Waals surface area contributed by atoms with E-state index in [2.05, 4.69) is 0 Å². The van der Waals surface area contributed by atoms with Crippen LogP contribution in [0.15, 0.2) is 22.6 Å². The highest BCUT2D eigenvalue weighted by Gasteiger charge is 2.17. The molecule has 2 rings (SSSR count). The summed E-state index contributed by atoms with van der Waals surface area (Å²) >= 11 is 7.22. The number of carbonyl (C=O) groups is 1. The summed E-state index contributed by atoms with van der Waals surface area (Å²) in [4.78, 5) is 14.1. The van der Waals surface area contributed by atoms with Crippen molar-refractivity contribution < 1.29 is 9.21 Å². The molecule has 2 aromatic rings. The third-order valence-electron chi connectivity index (χ3n) is 2.08. The smallest absolute Gasteiger partial charge is 0.229 e. The number of rotatable bonds is 2. The molecule has 0 radical (unpaired) electrons. The van der Waals surface area contributed by atoms with Gasteiger partial charge in [-0.3, -0.25) is 4.79 Å². The van der Waals surface area contributed by atoms with Gasteiger partial charge in [-0.05, 0) is 43.6 Å². The van der Waals surface area contributed by atoms with E-state index in [4.69, 9.17) is 16.0 Å². The maximum Gasteiger partial charge on any atom is 0.229 e. The predicted octanol–water partition coefficient (Wildman–Crippen LogP) is 3.84. The van der Waals surface area contributed by atoms with Crippen molar-refractivity contribution >= 4 is 28.7 Å². The Bertz CT molecular complexity index is 510. The number of thiophene rings is 1. The monoisotopic (exact) mass is 240 g/mol. The lowest BCUT2D eigenvalue weighted by Gasteiger charge is -1.94. The lowest BCUT2D eigenvalue weighted by atomic mass is 10.1. The van der Waals surface area contributed by atoms with E-state index in [1.54, 1.807) is 23.5 Å². The van der Waals surface area contributed by atoms with Crippen LogP contribution < -0.4 is 0 Å². The Balaban J connectivity index is 2.40. The van der Waals surface area contributed by atoms with Crippen molar-refractivity contribution in [2.24, 2.45) is 0 Å². The molecule has 2 aromatic heterocycles. The van der Waals surface area contributed by atoms with Crippen LogP contribution in [0.25, 0.3) is 0 Å². The summed E-state index contributed by atoms with van der Waals surface area (Å²) in [5.74, 6) is 0.185. The van der Waals surface area contributed by atoms with Gasteiger partial charge in [0.1, 0.15) is 0 Å². The third kappa shape index (κ3) is 1.98. The van der Waals surface area contributed by atoms with Gasteiger partial charge in [0.2, 0.25) is 5.78 Å². The first-order valence-corrected chi connectivity index (χ1v) is 5.64. The second kappa shape index (κ2) is 3.83. The number of aryl methyl sites for hydroxylation is 2. The molecule has 0 aliphatic carbocycles. The summed E-state index contributed by atoms with van der Waals surface area (Å²) in [5, 5.41) is 0.239. The highest BCUT2D eigenvalue weighted by molar-refractivity contribution is 7.12. The molecule has 4 heteroatoms. The molecular formula is C11H9ClO2S. The Labute approximate surface area is 96.5 Å². The Morgan fingerprint density at radius 3 is 2.60 bits per heavy atom. The fourth-order valence-electron chi connectivity index (χ4n) is 1.43. The van der Waals surface area contributed by atoms with Crippen LogP contribution in [0.3, 0.4) is 0 Å². The molecule has 15 heavy (non-hydrogen) atoms. The zero-order valence-electron chi connectivity index (χ0n) is 8.33. The van der Waals surface area contributed by atoms with Gasteiger partial charge in [0.15, 0.2) is 11.0 Å². The van der Waals surface area contributed by atoms with Crippen LogP contribution in [0, 0.1) is 13.8 Å². The first-order valence-electron chi connectivity index (χ1n) is 4.45. The average Bonchev–Trinajstić information content (AvgIpc) is 2.71. The van der Waals surface area contributed by atoms with Gasteiger partial charge in [-0.15, -0.1) is 11.3 Å². The molecule has 2 heterocycles. The normalized spacial score (nSPS) is 10.6. The van der Waals surface area contributed by atoms with Crippen molar-refractivity contribution in [3.05, 3.63) is 44.5 Å². The molecule has 0 N–H and O–H groups in total. The zero-order valence-corrected chi connectivity index (χ0v) is 9.91. The fourth-order valence-corrected chi connectivity index (χ4v) is 2.49. The van der Waals surface area contributed by atoms with Gasteiger partial charge in [-0.1, -0.05) is 0 Å². The van der Waals surface area contributed by atoms with Gasteiger partial charge < -0.3 is 4.42 Å². The van der Waals surface area contributed by atoms with E-state index in [1.165, 1.54) is 0 Å². The molecule has 0 aliphatic rings. The van der Waals surface area contributed by atoms with Gasteiger partial charge in [0.25, 0.3) is 0 Å². The number of furan rings is 1. The van der Waals surface area contributed by atoms with E-state index < -0.39 is 0 Å². The molecule has 0 amide bonds. The number of halogens is 1. The topological polar surface area (TPSA) is 30.2 Å². The van der Waals surface area contributed by atoms with E-state index >= 15 is 0 Å². The molecule has 0 aromatic carbocycles. The van der Waals surface area contributed by atoms with E-state index in [1.807, 2.05) is 19.9 Å². The minimum atomic E-state index is -0.108. The Morgan fingerprint density at radius 2 is 2.13 bits per heavy atom. The van der Waals surface area contributed by atoms with Crippen LogP contribution in [0.5, 0.6) is 0 Å². The van der Waals surface area contributed by atoms with Crippen LogP contribution in [0.1, 0.15) is 25.9 Å².